The highest BCUT2D eigenvalue weighted by Gasteiger charge is 2.19. The number of amides is 1. The summed E-state index contributed by atoms with van der Waals surface area (Å²) in [4.78, 5) is 14.3. The van der Waals surface area contributed by atoms with Crippen molar-refractivity contribution in [3.8, 4) is 11.5 Å². The van der Waals surface area contributed by atoms with Crippen LogP contribution in [0.5, 0.6) is 11.5 Å². The largest absolute Gasteiger partial charge is 0.493 e. The van der Waals surface area contributed by atoms with Gasteiger partial charge in [0.1, 0.15) is 0 Å². The van der Waals surface area contributed by atoms with Gasteiger partial charge in [-0.15, -0.1) is 0 Å². The van der Waals surface area contributed by atoms with Gasteiger partial charge in [0.05, 0.1) is 12.0 Å². The maximum absolute atomic E-state index is 12.9. The van der Waals surface area contributed by atoms with E-state index in [9.17, 15) is 22.0 Å². The summed E-state index contributed by atoms with van der Waals surface area (Å²) in [6, 6.07) is 19.2. The first-order chi connectivity index (χ1) is 16.2. The molecule has 0 saturated heterocycles. The van der Waals surface area contributed by atoms with Crippen LogP contribution >= 0.6 is 0 Å². The van der Waals surface area contributed by atoms with Crippen LogP contribution in [0.1, 0.15) is 21.5 Å². The molecule has 0 radical (unpaired) electrons. The van der Waals surface area contributed by atoms with E-state index in [2.05, 4.69) is 9.46 Å². The Morgan fingerprint density at radius 3 is 2.38 bits per heavy atom. The Kier molecular flexibility index (Phi) is 8.19. The van der Waals surface area contributed by atoms with Gasteiger partial charge in [-0.2, -0.15) is 8.78 Å². The van der Waals surface area contributed by atoms with Gasteiger partial charge < -0.3 is 14.4 Å². The van der Waals surface area contributed by atoms with Gasteiger partial charge in [0.25, 0.3) is 5.91 Å². The lowest BCUT2D eigenvalue weighted by molar-refractivity contribution is -0.0512. The van der Waals surface area contributed by atoms with Gasteiger partial charge in [-0.25, -0.2) is 13.1 Å². The van der Waals surface area contributed by atoms with Gasteiger partial charge in [0, 0.05) is 25.7 Å². The van der Waals surface area contributed by atoms with Crippen LogP contribution in [0.15, 0.2) is 77.7 Å². The number of nitrogens with zero attached hydrogens (tertiary/aromatic N) is 1. The third-order valence-electron chi connectivity index (χ3n) is 4.91. The average Bonchev–Trinajstić information content (AvgIpc) is 2.83. The fourth-order valence-electron chi connectivity index (χ4n) is 3.22. The molecule has 34 heavy (non-hydrogen) atoms. The van der Waals surface area contributed by atoms with Crippen LogP contribution in [-0.4, -0.2) is 40.0 Å². The molecule has 1 N–H and O–H groups in total. The van der Waals surface area contributed by atoms with Crippen molar-refractivity contribution in [2.75, 3.05) is 14.2 Å². The highest BCUT2D eigenvalue weighted by atomic mass is 32.2. The predicted octanol–water partition coefficient (Wildman–Crippen LogP) is 4.05. The zero-order valence-corrected chi connectivity index (χ0v) is 19.4. The molecule has 0 bridgehead atoms. The van der Waals surface area contributed by atoms with E-state index in [1.54, 1.807) is 25.2 Å². The van der Waals surface area contributed by atoms with Gasteiger partial charge in [-0.3, -0.25) is 4.79 Å². The fourth-order valence-corrected chi connectivity index (χ4v) is 4.29. The van der Waals surface area contributed by atoms with Crippen molar-refractivity contribution < 1.29 is 31.5 Å². The zero-order valence-electron chi connectivity index (χ0n) is 18.6. The van der Waals surface area contributed by atoms with E-state index in [0.717, 1.165) is 5.56 Å². The first-order valence-corrected chi connectivity index (χ1v) is 11.7. The van der Waals surface area contributed by atoms with Gasteiger partial charge in [0.15, 0.2) is 11.5 Å². The molecule has 0 unspecified atom stereocenters. The predicted molar refractivity (Wildman–Crippen MR) is 122 cm³/mol. The first kappa shape index (κ1) is 25.1. The molecule has 180 valence electrons. The van der Waals surface area contributed by atoms with Crippen LogP contribution in [-0.2, 0) is 23.1 Å². The summed E-state index contributed by atoms with van der Waals surface area (Å²) < 4.78 is 62.5. The van der Waals surface area contributed by atoms with Crippen molar-refractivity contribution in [2.24, 2.45) is 0 Å². The Morgan fingerprint density at radius 1 is 0.971 bits per heavy atom. The molecule has 0 aliphatic heterocycles. The third kappa shape index (κ3) is 6.52. The SMILES string of the molecule is COc1cc(CN(C)C(=O)c2cccc(S(=O)(=O)NCc3ccccc3)c2)ccc1OC(F)F. The molecule has 0 atom stereocenters. The van der Waals surface area contributed by atoms with Gasteiger partial charge in [0.2, 0.25) is 10.0 Å². The lowest BCUT2D eigenvalue weighted by Gasteiger charge is -2.19. The molecular formula is C24H24F2N2O5S. The molecule has 3 aromatic carbocycles. The molecule has 0 aromatic heterocycles. The second-order valence-electron chi connectivity index (χ2n) is 7.36. The van der Waals surface area contributed by atoms with E-state index in [-0.39, 0.29) is 35.0 Å². The summed E-state index contributed by atoms with van der Waals surface area (Å²) in [6.07, 6.45) is 0. The van der Waals surface area contributed by atoms with Gasteiger partial charge >= 0.3 is 6.61 Å². The number of rotatable bonds is 10. The third-order valence-corrected chi connectivity index (χ3v) is 6.31. The highest BCUT2D eigenvalue weighted by Crippen LogP contribution is 2.30. The lowest BCUT2D eigenvalue weighted by atomic mass is 10.1. The summed E-state index contributed by atoms with van der Waals surface area (Å²) >= 11 is 0. The average molecular weight is 491 g/mol. The number of hydrogen-bond donors (Lipinski definition) is 1. The molecular weight excluding hydrogens is 466 g/mol. The van der Waals surface area contributed by atoms with Crippen molar-refractivity contribution >= 4 is 15.9 Å². The van der Waals surface area contributed by atoms with Crippen molar-refractivity contribution in [2.45, 2.75) is 24.6 Å². The number of carbonyl (C=O) groups is 1. The fraction of sp³-hybridized carbons (Fsp3) is 0.208. The molecule has 1 amide bonds. The van der Waals surface area contributed by atoms with Crippen molar-refractivity contribution in [3.05, 3.63) is 89.5 Å². The molecule has 3 rings (SSSR count). The summed E-state index contributed by atoms with van der Waals surface area (Å²) in [5.41, 5.74) is 1.61. The number of halogens is 2. The molecule has 0 fully saturated rings. The van der Waals surface area contributed by atoms with Crippen LogP contribution in [0.3, 0.4) is 0 Å². The molecule has 0 heterocycles. The molecule has 0 saturated carbocycles. The second-order valence-corrected chi connectivity index (χ2v) is 9.13. The summed E-state index contributed by atoms with van der Waals surface area (Å²) in [6.45, 7) is -2.74. The number of hydrogen-bond acceptors (Lipinski definition) is 5. The molecule has 7 nitrogen and oxygen atoms in total. The number of sulfonamides is 1. The van der Waals surface area contributed by atoms with Gasteiger partial charge in [-0.1, -0.05) is 42.5 Å². The summed E-state index contributed by atoms with van der Waals surface area (Å²) in [5.74, 6) is -0.417. The maximum atomic E-state index is 12.9. The Balaban J connectivity index is 1.71. The Morgan fingerprint density at radius 2 is 1.71 bits per heavy atom. The minimum atomic E-state index is -3.84. The van der Waals surface area contributed by atoms with Crippen LogP contribution in [0.2, 0.25) is 0 Å². The van der Waals surface area contributed by atoms with E-state index in [4.69, 9.17) is 4.74 Å². The van der Waals surface area contributed by atoms with Crippen LogP contribution in [0.4, 0.5) is 8.78 Å². The van der Waals surface area contributed by atoms with Crippen LogP contribution in [0.25, 0.3) is 0 Å². The van der Waals surface area contributed by atoms with E-state index in [0.29, 0.717) is 5.56 Å². The maximum Gasteiger partial charge on any atom is 0.387 e. The minimum absolute atomic E-state index is 0.0298. The smallest absolute Gasteiger partial charge is 0.387 e. The molecule has 0 aliphatic rings. The number of ether oxygens (including phenoxy) is 2. The topological polar surface area (TPSA) is 84.9 Å². The quantitative estimate of drug-likeness (QED) is 0.464. The van der Waals surface area contributed by atoms with E-state index in [1.165, 1.54) is 48.4 Å². The van der Waals surface area contributed by atoms with E-state index in [1.807, 2.05) is 18.2 Å². The Labute approximate surface area is 197 Å². The monoisotopic (exact) mass is 490 g/mol. The first-order valence-electron chi connectivity index (χ1n) is 10.2. The number of carbonyl (C=O) groups excluding carboxylic acids is 1. The highest BCUT2D eigenvalue weighted by molar-refractivity contribution is 7.89. The summed E-state index contributed by atoms with van der Waals surface area (Å²) in [5, 5.41) is 0. The van der Waals surface area contributed by atoms with Crippen molar-refractivity contribution in [3.63, 3.8) is 0 Å². The molecule has 10 heteroatoms. The van der Waals surface area contributed by atoms with E-state index < -0.39 is 22.5 Å². The van der Waals surface area contributed by atoms with Crippen LogP contribution < -0.4 is 14.2 Å². The normalized spacial score (nSPS) is 11.3. The Bertz CT molecular complexity index is 1240. The molecule has 0 spiro atoms. The zero-order chi connectivity index (χ0) is 24.7. The lowest BCUT2D eigenvalue weighted by Crippen LogP contribution is -2.27. The number of methoxy groups -OCH3 is 1. The standard InChI is InChI=1S/C24H24F2N2O5S/c1-28(16-18-11-12-21(33-24(25)26)22(13-18)32-2)23(29)19-9-6-10-20(14-19)34(30,31)27-15-17-7-4-3-5-8-17/h3-14,24,27H,15-16H2,1-2H3. The van der Waals surface area contributed by atoms with Crippen molar-refractivity contribution in [1.29, 1.82) is 0 Å². The number of benzene rings is 3. The number of nitrogens with one attached hydrogen (secondary N) is 1. The van der Waals surface area contributed by atoms with E-state index >= 15 is 0 Å². The minimum Gasteiger partial charge on any atom is -0.493 e. The van der Waals surface area contributed by atoms with Gasteiger partial charge in [-0.05, 0) is 41.5 Å². The Hall–Kier alpha value is -3.50. The second kappa shape index (κ2) is 11.1. The molecule has 0 aliphatic carbocycles. The summed E-state index contributed by atoms with van der Waals surface area (Å²) in [7, 11) is -0.963. The van der Waals surface area contributed by atoms with Crippen LogP contribution in [0, 0.1) is 0 Å². The number of alkyl halides is 2. The molecule has 3 aromatic rings. The van der Waals surface area contributed by atoms with Crippen molar-refractivity contribution in [1.82, 2.24) is 9.62 Å².